The molecule has 2 unspecified atom stereocenters. The summed E-state index contributed by atoms with van der Waals surface area (Å²) in [4.78, 5) is 0. The van der Waals surface area contributed by atoms with Crippen molar-refractivity contribution in [3.63, 3.8) is 0 Å². The molecule has 2 aromatic rings. The van der Waals surface area contributed by atoms with Crippen LogP contribution in [-0.2, 0) is 4.74 Å². The summed E-state index contributed by atoms with van der Waals surface area (Å²) < 4.78 is 17.1. The Bertz CT molecular complexity index is 572. The van der Waals surface area contributed by atoms with Crippen LogP contribution in [0.5, 0.6) is 11.5 Å². The van der Waals surface area contributed by atoms with Crippen LogP contribution in [0.2, 0.25) is 0 Å². The molecule has 0 aliphatic heterocycles. The summed E-state index contributed by atoms with van der Waals surface area (Å²) in [5.41, 5.74) is 2.35. The van der Waals surface area contributed by atoms with E-state index in [0.717, 1.165) is 11.5 Å². The molecule has 2 rings (SSSR count). The molecule has 0 fully saturated rings. The second-order valence-corrected chi connectivity index (χ2v) is 7.01. The Morgan fingerprint density at radius 3 is 1.12 bits per heavy atom. The summed E-state index contributed by atoms with van der Waals surface area (Å²) >= 11 is 0. The zero-order valence-corrected chi connectivity index (χ0v) is 16.2. The zero-order chi connectivity index (χ0) is 18.4. The van der Waals surface area contributed by atoms with Gasteiger partial charge in [-0.15, -0.1) is 0 Å². The predicted octanol–water partition coefficient (Wildman–Crippen LogP) is 5.81. The van der Waals surface area contributed by atoms with Crippen LogP contribution in [0.25, 0.3) is 0 Å². The van der Waals surface area contributed by atoms with Crippen LogP contribution in [-0.4, -0.2) is 14.2 Å². The molecule has 2 aromatic carbocycles. The first-order chi connectivity index (χ1) is 12.0. The maximum atomic E-state index is 6.61. The fourth-order valence-electron chi connectivity index (χ4n) is 2.99. The van der Waals surface area contributed by atoms with Crippen molar-refractivity contribution in [3.8, 4) is 11.5 Å². The normalized spacial score (nSPS) is 13.8. The van der Waals surface area contributed by atoms with Crippen LogP contribution in [0.4, 0.5) is 0 Å². The fourth-order valence-corrected chi connectivity index (χ4v) is 2.99. The predicted molar refractivity (Wildman–Crippen MR) is 102 cm³/mol. The van der Waals surface area contributed by atoms with E-state index in [2.05, 4.69) is 52.0 Å². The largest absolute Gasteiger partial charge is 0.497 e. The van der Waals surface area contributed by atoms with Crippen molar-refractivity contribution in [1.82, 2.24) is 0 Å². The van der Waals surface area contributed by atoms with Crippen LogP contribution in [0, 0.1) is 11.8 Å². The van der Waals surface area contributed by atoms with E-state index in [9.17, 15) is 0 Å². The summed E-state index contributed by atoms with van der Waals surface area (Å²) in [7, 11) is 3.37. The lowest BCUT2D eigenvalue weighted by Gasteiger charge is -2.30. The topological polar surface area (TPSA) is 27.7 Å². The number of hydrogen-bond donors (Lipinski definition) is 0. The molecule has 0 saturated carbocycles. The van der Waals surface area contributed by atoms with Crippen molar-refractivity contribution < 1.29 is 14.2 Å². The Hall–Kier alpha value is -2.00. The van der Waals surface area contributed by atoms with E-state index < -0.39 is 0 Å². The smallest absolute Gasteiger partial charge is 0.118 e. The molecule has 0 aliphatic carbocycles. The second kappa shape index (κ2) is 8.91. The lowest BCUT2D eigenvalue weighted by Crippen LogP contribution is -2.19. The van der Waals surface area contributed by atoms with Gasteiger partial charge in [0.2, 0.25) is 0 Å². The van der Waals surface area contributed by atoms with Crippen molar-refractivity contribution >= 4 is 0 Å². The molecule has 25 heavy (non-hydrogen) atoms. The Labute approximate surface area is 151 Å². The third-order valence-electron chi connectivity index (χ3n) is 4.39. The van der Waals surface area contributed by atoms with Crippen LogP contribution in [0.15, 0.2) is 48.5 Å². The molecule has 3 heteroatoms. The van der Waals surface area contributed by atoms with Crippen LogP contribution in [0.3, 0.4) is 0 Å². The highest BCUT2D eigenvalue weighted by Gasteiger charge is 2.25. The Kier molecular flexibility index (Phi) is 6.89. The summed E-state index contributed by atoms with van der Waals surface area (Å²) in [6.45, 7) is 8.78. The molecule has 0 spiro atoms. The zero-order valence-electron chi connectivity index (χ0n) is 16.2. The lowest BCUT2D eigenvalue weighted by atomic mass is 9.95. The van der Waals surface area contributed by atoms with E-state index in [-0.39, 0.29) is 12.2 Å². The molecule has 0 radical (unpaired) electrons. The number of methoxy groups -OCH3 is 2. The van der Waals surface area contributed by atoms with Crippen LogP contribution in [0.1, 0.15) is 51.0 Å². The van der Waals surface area contributed by atoms with Crippen molar-refractivity contribution in [2.24, 2.45) is 11.8 Å². The monoisotopic (exact) mass is 342 g/mol. The van der Waals surface area contributed by atoms with Gasteiger partial charge in [0, 0.05) is 0 Å². The summed E-state index contributed by atoms with van der Waals surface area (Å²) in [5, 5.41) is 0. The average Bonchev–Trinajstić information content (AvgIpc) is 2.62. The minimum atomic E-state index is 0.0282. The van der Waals surface area contributed by atoms with Gasteiger partial charge in [0.1, 0.15) is 11.5 Å². The number of ether oxygens (including phenoxy) is 3. The first-order valence-electron chi connectivity index (χ1n) is 8.89. The SMILES string of the molecule is COc1ccc(C(OC(c2ccc(OC)cc2)C(C)C)C(C)C)cc1. The van der Waals surface area contributed by atoms with Gasteiger partial charge in [-0.3, -0.25) is 0 Å². The molecule has 0 heterocycles. The molecule has 3 nitrogen and oxygen atoms in total. The third-order valence-corrected chi connectivity index (χ3v) is 4.39. The molecule has 0 saturated heterocycles. The van der Waals surface area contributed by atoms with Gasteiger partial charge < -0.3 is 14.2 Å². The standard InChI is InChI=1S/C22H30O3/c1-15(2)21(17-7-11-19(23-5)12-8-17)25-22(16(3)4)18-9-13-20(24-6)14-10-18/h7-16,21-22H,1-6H3. The molecule has 136 valence electrons. The first kappa shape index (κ1) is 19.3. The maximum Gasteiger partial charge on any atom is 0.118 e. The molecule has 0 amide bonds. The minimum absolute atomic E-state index is 0.0282. The number of benzene rings is 2. The molecule has 0 aromatic heterocycles. The molecular weight excluding hydrogens is 312 g/mol. The van der Waals surface area contributed by atoms with Gasteiger partial charge in [0.25, 0.3) is 0 Å². The molecule has 0 N–H and O–H groups in total. The van der Waals surface area contributed by atoms with Crippen molar-refractivity contribution in [2.75, 3.05) is 14.2 Å². The first-order valence-corrected chi connectivity index (χ1v) is 8.89. The molecular formula is C22H30O3. The quantitative estimate of drug-likeness (QED) is 0.605. The van der Waals surface area contributed by atoms with Gasteiger partial charge >= 0.3 is 0 Å². The summed E-state index contributed by atoms with van der Waals surface area (Å²) in [6, 6.07) is 16.3. The lowest BCUT2D eigenvalue weighted by molar-refractivity contribution is -0.0610. The average molecular weight is 342 g/mol. The van der Waals surface area contributed by atoms with Gasteiger partial charge in [0.05, 0.1) is 26.4 Å². The highest BCUT2D eigenvalue weighted by atomic mass is 16.5. The second-order valence-electron chi connectivity index (χ2n) is 7.01. The minimum Gasteiger partial charge on any atom is -0.497 e. The Morgan fingerprint density at radius 2 is 0.880 bits per heavy atom. The third kappa shape index (κ3) is 4.99. The Morgan fingerprint density at radius 1 is 0.560 bits per heavy atom. The van der Waals surface area contributed by atoms with E-state index in [0.29, 0.717) is 11.8 Å². The van der Waals surface area contributed by atoms with Crippen molar-refractivity contribution in [3.05, 3.63) is 59.7 Å². The van der Waals surface area contributed by atoms with Crippen LogP contribution >= 0.6 is 0 Å². The highest BCUT2D eigenvalue weighted by molar-refractivity contribution is 5.30. The van der Waals surface area contributed by atoms with Crippen LogP contribution < -0.4 is 9.47 Å². The fraction of sp³-hybridized carbons (Fsp3) is 0.455. The van der Waals surface area contributed by atoms with E-state index in [4.69, 9.17) is 14.2 Å². The van der Waals surface area contributed by atoms with Crippen molar-refractivity contribution in [2.45, 2.75) is 39.9 Å². The highest BCUT2D eigenvalue weighted by Crippen LogP contribution is 2.36. The summed E-state index contributed by atoms with van der Waals surface area (Å²) in [5.74, 6) is 2.46. The van der Waals surface area contributed by atoms with Gasteiger partial charge in [-0.05, 0) is 47.2 Å². The van der Waals surface area contributed by atoms with Crippen molar-refractivity contribution in [1.29, 1.82) is 0 Å². The molecule has 0 bridgehead atoms. The van der Waals surface area contributed by atoms with E-state index in [1.807, 2.05) is 24.3 Å². The van der Waals surface area contributed by atoms with E-state index in [1.54, 1.807) is 14.2 Å². The van der Waals surface area contributed by atoms with E-state index >= 15 is 0 Å². The Balaban J connectivity index is 2.26. The maximum absolute atomic E-state index is 6.61. The number of rotatable bonds is 8. The van der Waals surface area contributed by atoms with E-state index in [1.165, 1.54) is 11.1 Å². The van der Waals surface area contributed by atoms with Gasteiger partial charge in [0.15, 0.2) is 0 Å². The van der Waals surface area contributed by atoms with Gasteiger partial charge in [-0.2, -0.15) is 0 Å². The molecule has 2 atom stereocenters. The molecule has 0 aliphatic rings. The van der Waals surface area contributed by atoms with Gasteiger partial charge in [-0.1, -0.05) is 52.0 Å². The van der Waals surface area contributed by atoms with Gasteiger partial charge in [-0.25, -0.2) is 0 Å². The summed E-state index contributed by atoms with van der Waals surface area (Å²) in [6.07, 6.45) is 0.0563. The number of hydrogen-bond acceptors (Lipinski definition) is 3.